The Kier molecular flexibility index (Phi) is 3.51. The van der Waals surface area contributed by atoms with Crippen LogP contribution in [0.15, 0.2) is 29.2 Å². The molecule has 0 radical (unpaired) electrons. The van der Waals surface area contributed by atoms with Crippen molar-refractivity contribution in [2.45, 2.75) is 11.8 Å². The second-order valence-corrected chi connectivity index (χ2v) is 4.65. The van der Waals surface area contributed by atoms with Crippen molar-refractivity contribution < 1.29 is 22.6 Å². The zero-order valence-corrected chi connectivity index (χ0v) is 9.56. The highest BCUT2D eigenvalue weighted by molar-refractivity contribution is 7.86. The van der Waals surface area contributed by atoms with Crippen LogP contribution in [0.5, 0.6) is 0 Å². The van der Waals surface area contributed by atoms with E-state index in [-0.39, 0.29) is 9.96 Å². The molecular weight excluding hydrogens is 234 g/mol. The first-order valence-corrected chi connectivity index (χ1v) is 5.71. The summed E-state index contributed by atoms with van der Waals surface area (Å²) in [6.45, 7) is 1.81. The molecule has 0 bridgehead atoms. The van der Waals surface area contributed by atoms with Crippen LogP contribution in [-0.2, 0) is 14.4 Å². The minimum Gasteiger partial charge on any atom is -0.463 e. The summed E-state index contributed by atoms with van der Waals surface area (Å²) in [5, 5.41) is 8.70. The lowest BCUT2D eigenvalue weighted by molar-refractivity contribution is -0.00690. The Hall–Kier alpha value is -1.60. The van der Waals surface area contributed by atoms with Crippen LogP contribution in [0.3, 0.4) is 0 Å². The van der Waals surface area contributed by atoms with E-state index in [4.69, 9.17) is 5.11 Å². The molecule has 0 aliphatic heterocycles. The van der Waals surface area contributed by atoms with Crippen molar-refractivity contribution >= 4 is 16.2 Å². The van der Waals surface area contributed by atoms with E-state index >= 15 is 0 Å². The average molecular weight is 245 g/mol. The molecule has 1 aromatic rings. The molecule has 0 heterocycles. The molecule has 16 heavy (non-hydrogen) atoms. The number of hydrogen-bond acceptors (Lipinski definition) is 4. The lowest BCUT2D eigenvalue weighted by Gasteiger charge is -2.12. The largest absolute Gasteiger partial charge is 0.463 e. The normalized spacial score (nSPS) is 11.1. The fraction of sp³-hybridized carbons (Fsp3) is 0.222. The van der Waals surface area contributed by atoms with Crippen LogP contribution in [0.1, 0.15) is 5.56 Å². The minimum atomic E-state index is -4.08. The van der Waals surface area contributed by atoms with Gasteiger partial charge >= 0.3 is 16.2 Å². The smallest absolute Gasteiger partial charge is 0.432 e. The highest BCUT2D eigenvalue weighted by Gasteiger charge is 2.20. The van der Waals surface area contributed by atoms with Crippen LogP contribution < -0.4 is 0 Å². The van der Waals surface area contributed by atoms with Gasteiger partial charge in [0.1, 0.15) is 0 Å². The van der Waals surface area contributed by atoms with Gasteiger partial charge in [0.25, 0.3) is 0 Å². The first-order valence-electron chi connectivity index (χ1n) is 4.31. The van der Waals surface area contributed by atoms with Crippen LogP contribution >= 0.6 is 0 Å². The average Bonchev–Trinajstić information content (AvgIpc) is 2.17. The second kappa shape index (κ2) is 4.50. The van der Waals surface area contributed by atoms with Crippen LogP contribution in [0, 0.1) is 6.92 Å². The fourth-order valence-corrected chi connectivity index (χ4v) is 1.84. The molecule has 1 N–H and O–H groups in total. The van der Waals surface area contributed by atoms with Gasteiger partial charge in [0.05, 0.1) is 4.90 Å². The molecule has 0 aliphatic rings. The predicted octanol–water partition coefficient (Wildman–Crippen LogP) is 1.23. The summed E-state index contributed by atoms with van der Waals surface area (Å²) < 4.78 is 27.4. The summed E-state index contributed by atoms with van der Waals surface area (Å²) in [6.07, 6.45) is -1.49. The van der Waals surface area contributed by atoms with Crippen molar-refractivity contribution in [3.05, 3.63) is 29.8 Å². The van der Waals surface area contributed by atoms with E-state index in [9.17, 15) is 13.2 Å². The van der Waals surface area contributed by atoms with Gasteiger partial charge in [-0.1, -0.05) is 17.7 Å². The summed E-state index contributed by atoms with van der Waals surface area (Å²) in [5.41, 5.74) is 0.894. The highest BCUT2D eigenvalue weighted by atomic mass is 32.2. The van der Waals surface area contributed by atoms with Crippen LogP contribution in [0.2, 0.25) is 0 Å². The first-order chi connectivity index (χ1) is 7.33. The highest BCUT2D eigenvalue weighted by Crippen LogP contribution is 2.14. The molecule has 1 amide bonds. The summed E-state index contributed by atoms with van der Waals surface area (Å²) in [4.78, 5) is 10.3. The predicted molar refractivity (Wildman–Crippen MR) is 55.2 cm³/mol. The van der Waals surface area contributed by atoms with E-state index < -0.39 is 16.2 Å². The molecule has 0 saturated carbocycles. The number of rotatable bonds is 3. The van der Waals surface area contributed by atoms with E-state index in [1.54, 1.807) is 19.1 Å². The lowest BCUT2D eigenvalue weighted by Crippen LogP contribution is -2.28. The number of nitrogens with zero attached hydrogens (tertiary/aromatic N) is 1. The molecule has 0 spiro atoms. The molecule has 7 heteroatoms. The molecule has 1 rings (SSSR count). The Morgan fingerprint density at radius 3 is 2.25 bits per heavy atom. The number of hydrogen-bond donors (Lipinski definition) is 1. The molecule has 0 unspecified atom stereocenters. The number of hydroxylamine groups is 2. The van der Waals surface area contributed by atoms with Gasteiger partial charge in [0.15, 0.2) is 0 Å². The third kappa shape index (κ3) is 2.94. The van der Waals surface area contributed by atoms with Crippen LogP contribution in [-0.4, -0.2) is 31.7 Å². The SMILES string of the molecule is Cc1ccc(S(=O)(=O)ON(C)C(=O)O)cc1. The molecule has 0 aromatic heterocycles. The van der Waals surface area contributed by atoms with Gasteiger partial charge in [-0.25, -0.2) is 4.79 Å². The summed E-state index contributed by atoms with van der Waals surface area (Å²) in [7, 11) is -3.08. The molecule has 0 atom stereocenters. The Morgan fingerprint density at radius 1 is 1.31 bits per heavy atom. The Morgan fingerprint density at radius 2 is 1.81 bits per heavy atom. The zero-order valence-electron chi connectivity index (χ0n) is 8.75. The molecule has 0 saturated heterocycles. The molecule has 6 nitrogen and oxygen atoms in total. The fourth-order valence-electron chi connectivity index (χ4n) is 0.927. The number of aryl methyl sites for hydroxylation is 1. The molecular formula is C9H11NO5S. The maximum Gasteiger partial charge on any atom is 0.432 e. The Bertz CT molecular complexity index is 479. The van der Waals surface area contributed by atoms with Gasteiger partial charge in [-0.05, 0) is 19.1 Å². The van der Waals surface area contributed by atoms with E-state index in [0.29, 0.717) is 0 Å². The quantitative estimate of drug-likeness (QED) is 0.809. The number of benzene rings is 1. The number of carbonyl (C=O) groups is 1. The van der Waals surface area contributed by atoms with Gasteiger partial charge in [0.2, 0.25) is 0 Å². The van der Waals surface area contributed by atoms with Crippen molar-refractivity contribution in [2.75, 3.05) is 7.05 Å². The Balaban J connectivity index is 2.94. The first kappa shape index (κ1) is 12.5. The lowest BCUT2D eigenvalue weighted by atomic mass is 10.2. The maximum absolute atomic E-state index is 11.5. The van der Waals surface area contributed by atoms with Crippen molar-refractivity contribution in [1.82, 2.24) is 5.06 Å². The second-order valence-electron chi connectivity index (χ2n) is 3.12. The number of carboxylic acid groups (broad SMARTS) is 1. The molecule has 88 valence electrons. The van der Waals surface area contributed by atoms with E-state index in [1.165, 1.54) is 12.1 Å². The third-order valence-electron chi connectivity index (χ3n) is 1.79. The van der Waals surface area contributed by atoms with Crippen molar-refractivity contribution in [2.24, 2.45) is 0 Å². The summed E-state index contributed by atoms with van der Waals surface area (Å²) in [5.74, 6) is 0. The van der Waals surface area contributed by atoms with Gasteiger partial charge in [-0.15, -0.1) is 4.28 Å². The number of amides is 1. The maximum atomic E-state index is 11.5. The van der Waals surface area contributed by atoms with Crippen molar-refractivity contribution in [3.63, 3.8) is 0 Å². The standard InChI is InChI=1S/C9H11NO5S/c1-7-3-5-8(6-4-7)16(13,14)15-10(2)9(11)12/h3-6H,1-2H3,(H,11,12). The molecule has 1 aromatic carbocycles. The van der Waals surface area contributed by atoms with Gasteiger partial charge in [0, 0.05) is 7.05 Å². The monoisotopic (exact) mass is 245 g/mol. The van der Waals surface area contributed by atoms with E-state index in [0.717, 1.165) is 12.6 Å². The third-order valence-corrected chi connectivity index (χ3v) is 3.06. The van der Waals surface area contributed by atoms with E-state index in [1.807, 2.05) is 0 Å². The van der Waals surface area contributed by atoms with Gasteiger partial charge in [-0.3, -0.25) is 0 Å². The Labute approximate surface area is 93.1 Å². The molecule has 0 aliphatic carbocycles. The summed E-state index contributed by atoms with van der Waals surface area (Å²) >= 11 is 0. The van der Waals surface area contributed by atoms with Gasteiger partial charge in [-0.2, -0.15) is 13.5 Å². The molecule has 0 fully saturated rings. The topological polar surface area (TPSA) is 83.9 Å². The van der Waals surface area contributed by atoms with E-state index in [2.05, 4.69) is 4.28 Å². The van der Waals surface area contributed by atoms with Crippen LogP contribution in [0.4, 0.5) is 4.79 Å². The van der Waals surface area contributed by atoms with Crippen molar-refractivity contribution in [1.29, 1.82) is 0 Å². The zero-order chi connectivity index (χ0) is 12.3. The summed E-state index contributed by atoms with van der Waals surface area (Å²) in [6, 6.07) is 5.88. The van der Waals surface area contributed by atoms with Crippen molar-refractivity contribution in [3.8, 4) is 0 Å². The van der Waals surface area contributed by atoms with Crippen LogP contribution in [0.25, 0.3) is 0 Å². The van der Waals surface area contributed by atoms with Gasteiger partial charge < -0.3 is 5.11 Å². The minimum absolute atomic E-state index is 0.0915.